The lowest BCUT2D eigenvalue weighted by Gasteiger charge is -2.00. The van der Waals surface area contributed by atoms with E-state index in [9.17, 15) is 8.42 Å². The highest BCUT2D eigenvalue weighted by Crippen LogP contribution is 2.17. The Labute approximate surface area is 115 Å². The lowest BCUT2D eigenvalue weighted by Crippen LogP contribution is -2.14. The van der Waals surface area contributed by atoms with E-state index in [1.807, 2.05) is 18.2 Å². The zero-order valence-corrected chi connectivity index (χ0v) is 11.8. The second-order valence-corrected chi connectivity index (χ2v) is 6.07. The summed E-state index contributed by atoms with van der Waals surface area (Å²) >= 11 is 0. The van der Waals surface area contributed by atoms with Crippen molar-refractivity contribution in [1.82, 2.24) is 19.5 Å². The first-order valence-electron chi connectivity index (χ1n) is 5.93. The average molecular weight is 291 g/mol. The Hall–Kier alpha value is -2.35. The maximum absolute atomic E-state index is 12.2. The number of H-pyrrole nitrogens is 1. The van der Waals surface area contributed by atoms with Crippen molar-refractivity contribution in [2.24, 2.45) is 7.05 Å². The number of para-hydroxylation sites is 2. The molecule has 1 aromatic carbocycles. The van der Waals surface area contributed by atoms with Crippen molar-refractivity contribution in [2.45, 2.75) is 11.9 Å². The van der Waals surface area contributed by atoms with Gasteiger partial charge in [-0.1, -0.05) is 12.1 Å². The van der Waals surface area contributed by atoms with Crippen LogP contribution in [0.1, 0.15) is 5.82 Å². The molecular formula is C12H13N5O2S. The number of hydrogen-bond donors (Lipinski definition) is 2. The zero-order chi connectivity index (χ0) is 14.3. The number of benzene rings is 1. The van der Waals surface area contributed by atoms with Crippen LogP contribution in [-0.2, 0) is 17.1 Å². The molecule has 3 rings (SSSR count). The molecule has 0 atom stereocenters. The van der Waals surface area contributed by atoms with E-state index in [1.165, 1.54) is 6.20 Å². The number of aryl methyl sites for hydroxylation is 2. The first kappa shape index (κ1) is 12.7. The van der Waals surface area contributed by atoms with E-state index in [2.05, 4.69) is 19.7 Å². The van der Waals surface area contributed by atoms with Gasteiger partial charge in [0.1, 0.15) is 5.82 Å². The summed E-state index contributed by atoms with van der Waals surface area (Å²) in [7, 11) is -2.00. The molecule has 0 aliphatic rings. The second kappa shape index (κ2) is 4.34. The highest BCUT2D eigenvalue weighted by atomic mass is 32.2. The van der Waals surface area contributed by atoms with Crippen LogP contribution >= 0.6 is 0 Å². The Morgan fingerprint density at radius 1 is 1.25 bits per heavy atom. The van der Waals surface area contributed by atoms with Crippen molar-refractivity contribution >= 4 is 27.0 Å². The third-order valence-corrected chi connectivity index (χ3v) is 4.19. The van der Waals surface area contributed by atoms with Crippen molar-refractivity contribution in [3.05, 3.63) is 36.3 Å². The molecule has 0 aliphatic carbocycles. The molecule has 0 unspecified atom stereocenters. The molecule has 8 heteroatoms. The smallest absolute Gasteiger partial charge is 0.283 e. The summed E-state index contributed by atoms with van der Waals surface area (Å²) in [6.07, 6.45) is 1.46. The lowest BCUT2D eigenvalue weighted by atomic mass is 10.3. The van der Waals surface area contributed by atoms with Gasteiger partial charge in [0.05, 0.1) is 11.0 Å². The maximum atomic E-state index is 12.2. The molecule has 20 heavy (non-hydrogen) atoms. The third kappa shape index (κ3) is 2.14. The molecular weight excluding hydrogens is 278 g/mol. The standard InChI is InChI=1S/C12H13N5O2S/c1-8-13-11(7-17(8)2)20(18,19)16-12-14-9-5-3-4-6-10(9)15-12/h3-7H,1-2H3,(H2,14,15,16). The Balaban J connectivity index is 1.96. The summed E-state index contributed by atoms with van der Waals surface area (Å²) in [5.41, 5.74) is 1.46. The SMILES string of the molecule is Cc1nc(S(=O)(=O)Nc2nc3ccccc3[nH]2)cn1C. The number of hydrogen-bond acceptors (Lipinski definition) is 4. The summed E-state index contributed by atoms with van der Waals surface area (Å²) < 4.78 is 28.4. The minimum atomic E-state index is -3.74. The largest absolute Gasteiger partial charge is 0.337 e. The number of aromatic amines is 1. The van der Waals surface area contributed by atoms with Crippen LogP contribution < -0.4 is 4.72 Å². The number of rotatable bonds is 3. The molecule has 0 amide bonds. The number of fused-ring (bicyclic) bond motifs is 1. The van der Waals surface area contributed by atoms with Crippen LogP contribution in [0.25, 0.3) is 11.0 Å². The molecule has 2 N–H and O–H groups in total. The van der Waals surface area contributed by atoms with Crippen molar-refractivity contribution in [1.29, 1.82) is 0 Å². The van der Waals surface area contributed by atoms with E-state index >= 15 is 0 Å². The van der Waals surface area contributed by atoms with Gasteiger partial charge in [0.15, 0.2) is 5.03 Å². The molecule has 2 heterocycles. The predicted octanol–water partition coefficient (Wildman–Crippen LogP) is 1.41. The summed E-state index contributed by atoms with van der Waals surface area (Å²) in [5, 5.41) is -0.0297. The van der Waals surface area contributed by atoms with E-state index in [1.54, 1.807) is 24.6 Å². The number of sulfonamides is 1. The van der Waals surface area contributed by atoms with E-state index in [4.69, 9.17) is 0 Å². The molecule has 0 radical (unpaired) electrons. The molecule has 0 spiro atoms. The highest BCUT2D eigenvalue weighted by Gasteiger charge is 2.20. The Morgan fingerprint density at radius 3 is 2.65 bits per heavy atom. The van der Waals surface area contributed by atoms with E-state index < -0.39 is 10.0 Å². The van der Waals surface area contributed by atoms with Gasteiger partial charge in [0.25, 0.3) is 10.0 Å². The third-order valence-electron chi connectivity index (χ3n) is 2.98. The molecule has 0 aliphatic heterocycles. The molecule has 0 fully saturated rings. The fraction of sp³-hybridized carbons (Fsp3) is 0.167. The zero-order valence-electron chi connectivity index (χ0n) is 11.0. The van der Waals surface area contributed by atoms with Crippen molar-refractivity contribution in [2.75, 3.05) is 4.72 Å². The van der Waals surface area contributed by atoms with Gasteiger partial charge in [0.2, 0.25) is 5.95 Å². The Morgan fingerprint density at radius 2 is 2.00 bits per heavy atom. The van der Waals surface area contributed by atoms with E-state index in [0.717, 1.165) is 5.52 Å². The molecule has 2 aromatic heterocycles. The van der Waals surface area contributed by atoms with Gasteiger partial charge < -0.3 is 9.55 Å². The fourth-order valence-electron chi connectivity index (χ4n) is 1.84. The molecule has 7 nitrogen and oxygen atoms in total. The first-order chi connectivity index (χ1) is 9.45. The lowest BCUT2D eigenvalue weighted by molar-refractivity contribution is 0.597. The van der Waals surface area contributed by atoms with Gasteiger partial charge in [-0.3, -0.25) is 0 Å². The normalized spacial score (nSPS) is 11.9. The average Bonchev–Trinajstić information content (AvgIpc) is 2.93. The molecule has 0 saturated heterocycles. The fourth-order valence-corrected chi connectivity index (χ4v) is 2.84. The van der Waals surface area contributed by atoms with Crippen molar-refractivity contribution < 1.29 is 8.42 Å². The number of aromatic nitrogens is 4. The van der Waals surface area contributed by atoms with Crippen LogP contribution in [0.3, 0.4) is 0 Å². The van der Waals surface area contributed by atoms with Crippen LogP contribution in [-0.4, -0.2) is 27.9 Å². The maximum Gasteiger partial charge on any atom is 0.283 e. The first-order valence-corrected chi connectivity index (χ1v) is 7.41. The minimum Gasteiger partial charge on any atom is -0.337 e. The summed E-state index contributed by atoms with van der Waals surface area (Å²) in [6.45, 7) is 1.74. The topological polar surface area (TPSA) is 92.7 Å². The highest BCUT2D eigenvalue weighted by molar-refractivity contribution is 7.92. The summed E-state index contributed by atoms with van der Waals surface area (Å²) in [4.78, 5) is 11.1. The molecule has 0 saturated carbocycles. The number of nitrogens with one attached hydrogen (secondary N) is 2. The van der Waals surface area contributed by atoms with Crippen molar-refractivity contribution in [3.63, 3.8) is 0 Å². The number of anilines is 1. The molecule has 0 bridgehead atoms. The van der Waals surface area contributed by atoms with Crippen LogP contribution in [0.15, 0.2) is 35.5 Å². The van der Waals surface area contributed by atoms with Gasteiger partial charge in [-0.15, -0.1) is 0 Å². The second-order valence-electron chi connectivity index (χ2n) is 4.45. The van der Waals surface area contributed by atoms with Crippen LogP contribution in [0.4, 0.5) is 5.95 Å². The van der Waals surface area contributed by atoms with Crippen LogP contribution in [0, 0.1) is 6.92 Å². The van der Waals surface area contributed by atoms with E-state index in [0.29, 0.717) is 11.3 Å². The van der Waals surface area contributed by atoms with Gasteiger partial charge in [-0.05, 0) is 19.1 Å². The predicted molar refractivity (Wildman–Crippen MR) is 74.8 cm³/mol. The van der Waals surface area contributed by atoms with Gasteiger partial charge in [-0.25, -0.2) is 14.7 Å². The van der Waals surface area contributed by atoms with E-state index in [-0.39, 0.29) is 11.0 Å². The quantitative estimate of drug-likeness (QED) is 0.763. The molecule has 3 aromatic rings. The Kier molecular flexibility index (Phi) is 2.75. The van der Waals surface area contributed by atoms with Gasteiger partial charge in [0, 0.05) is 13.2 Å². The Bertz CT molecular complexity index is 826. The minimum absolute atomic E-state index is 0.0297. The molecule has 104 valence electrons. The number of nitrogens with zero attached hydrogens (tertiary/aromatic N) is 3. The summed E-state index contributed by atoms with van der Waals surface area (Å²) in [6, 6.07) is 7.31. The van der Waals surface area contributed by atoms with Crippen molar-refractivity contribution in [3.8, 4) is 0 Å². The van der Waals surface area contributed by atoms with Gasteiger partial charge in [-0.2, -0.15) is 8.42 Å². The number of imidazole rings is 2. The summed E-state index contributed by atoms with van der Waals surface area (Å²) in [5.74, 6) is 0.796. The van der Waals surface area contributed by atoms with Crippen LogP contribution in [0.5, 0.6) is 0 Å². The van der Waals surface area contributed by atoms with Crippen LogP contribution in [0.2, 0.25) is 0 Å². The van der Waals surface area contributed by atoms with Gasteiger partial charge >= 0.3 is 0 Å². The monoisotopic (exact) mass is 291 g/mol.